The number of carboxylic acid groups (broad SMARTS) is 1. The van der Waals surface area contributed by atoms with Crippen LogP contribution in [-0.2, 0) is 4.79 Å². The van der Waals surface area contributed by atoms with Crippen LogP contribution in [0.1, 0.15) is 13.8 Å². The minimum absolute atomic E-state index is 0.780. The van der Waals surface area contributed by atoms with Gasteiger partial charge in [0.15, 0.2) is 5.16 Å². The molecule has 3 rings (SSSR count). The highest BCUT2D eigenvalue weighted by Gasteiger charge is 2.61. The summed E-state index contributed by atoms with van der Waals surface area (Å²) < 4.78 is 0. The molecule has 3 aromatic carbocycles. The molecule has 0 heterocycles. The van der Waals surface area contributed by atoms with E-state index in [-0.39, 0.29) is 0 Å². The molecule has 1 N–H and O–H groups in total. The van der Waals surface area contributed by atoms with Crippen LogP contribution in [0.25, 0.3) is 0 Å². The topological polar surface area (TPSA) is 37.3 Å². The lowest BCUT2D eigenvalue weighted by Gasteiger charge is -2.37. The zero-order chi connectivity index (χ0) is 17.9. The van der Waals surface area contributed by atoms with E-state index in [1.807, 2.05) is 68.4 Å². The molecule has 0 aliphatic heterocycles. The Morgan fingerprint density at radius 1 is 0.680 bits per heavy atom. The van der Waals surface area contributed by atoms with Crippen LogP contribution >= 0.6 is 7.26 Å². The number of rotatable bonds is 5. The molecular weight excluding hydrogens is 327 g/mol. The van der Waals surface area contributed by atoms with Crippen LogP contribution in [-0.4, -0.2) is 16.2 Å². The minimum Gasteiger partial charge on any atom is -0.478 e. The predicted molar refractivity (Wildman–Crippen MR) is 107 cm³/mol. The van der Waals surface area contributed by atoms with Crippen molar-refractivity contribution in [2.45, 2.75) is 19.0 Å². The monoisotopic (exact) mass is 349 g/mol. The SMILES string of the molecule is CC(C)(C(=O)O)[P+](c1ccccc1)(c1ccccc1)c1ccccc1. The van der Waals surface area contributed by atoms with Crippen molar-refractivity contribution in [2.75, 3.05) is 0 Å². The third-order valence-electron chi connectivity index (χ3n) is 4.79. The summed E-state index contributed by atoms with van der Waals surface area (Å²) in [4.78, 5) is 12.4. The molecule has 0 atom stereocenters. The van der Waals surface area contributed by atoms with E-state index in [1.54, 1.807) is 0 Å². The van der Waals surface area contributed by atoms with Gasteiger partial charge in [-0.15, -0.1) is 0 Å². The van der Waals surface area contributed by atoms with Gasteiger partial charge in [0.2, 0.25) is 0 Å². The maximum absolute atomic E-state index is 12.4. The van der Waals surface area contributed by atoms with Crippen LogP contribution in [0.15, 0.2) is 91.0 Å². The highest BCUT2D eigenvalue weighted by molar-refractivity contribution is 7.97. The molecule has 0 bridgehead atoms. The number of aliphatic carboxylic acids is 1. The first-order valence-corrected chi connectivity index (χ1v) is 10.1. The van der Waals surface area contributed by atoms with E-state index in [0.29, 0.717) is 0 Å². The molecule has 0 aromatic heterocycles. The Morgan fingerprint density at radius 3 is 1.20 bits per heavy atom. The zero-order valence-electron chi connectivity index (χ0n) is 14.5. The lowest BCUT2D eigenvalue weighted by molar-refractivity contribution is -0.139. The van der Waals surface area contributed by atoms with Gasteiger partial charge in [0, 0.05) is 0 Å². The van der Waals surface area contributed by atoms with Gasteiger partial charge < -0.3 is 5.11 Å². The van der Waals surface area contributed by atoms with Crippen molar-refractivity contribution in [1.29, 1.82) is 0 Å². The molecule has 0 amide bonds. The molecule has 0 aliphatic rings. The summed E-state index contributed by atoms with van der Waals surface area (Å²) >= 11 is 0. The number of benzene rings is 3. The molecule has 3 heteroatoms. The molecule has 0 unspecified atom stereocenters. The van der Waals surface area contributed by atoms with Crippen LogP contribution in [0.3, 0.4) is 0 Å². The third kappa shape index (κ3) is 2.77. The summed E-state index contributed by atoms with van der Waals surface area (Å²) in [6.45, 7) is 3.71. The molecule has 0 fully saturated rings. The van der Waals surface area contributed by atoms with Crippen molar-refractivity contribution in [3.8, 4) is 0 Å². The first-order valence-electron chi connectivity index (χ1n) is 8.30. The average Bonchev–Trinajstić information content (AvgIpc) is 2.65. The summed E-state index contributed by atoms with van der Waals surface area (Å²) in [5, 5.41) is 12.5. The van der Waals surface area contributed by atoms with Gasteiger partial charge in [-0.2, -0.15) is 0 Å². The molecule has 0 saturated heterocycles. The number of hydrogen-bond acceptors (Lipinski definition) is 1. The standard InChI is InChI=1S/C22H21O2P/c1-22(2,21(23)24)25(18-12-6-3-7-13-18,19-14-8-4-9-15-19)20-16-10-5-11-17-20/h3-17H,1-2H3/p+1. The normalized spacial score (nSPS) is 11.9. The molecule has 0 radical (unpaired) electrons. The quantitative estimate of drug-likeness (QED) is 0.711. The fourth-order valence-corrected chi connectivity index (χ4v) is 8.49. The smallest absolute Gasteiger partial charge is 0.348 e. The van der Waals surface area contributed by atoms with E-state index in [9.17, 15) is 9.90 Å². The predicted octanol–water partition coefficient (Wildman–Crippen LogP) is 3.84. The third-order valence-corrected chi connectivity index (χ3v) is 9.88. The van der Waals surface area contributed by atoms with E-state index in [1.165, 1.54) is 0 Å². The Balaban J connectivity index is 2.47. The van der Waals surface area contributed by atoms with Crippen molar-refractivity contribution < 1.29 is 9.90 Å². The maximum atomic E-state index is 12.4. The summed E-state index contributed by atoms with van der Waals surface area (Å²) in [5.74, 6) is -0.780. The molecule has 126 valence electrons. The summed E-state index contributed by atoms with van der Waals surface area (Å²) in [6, 6.07) is 30.3. The van der Waals surface area contributed by atoms with E-state index in [4.69, 9.17) is 0 Å². The molecule has 25 heavy (non-hydrogen) atoms. The Kier molecular flexibility index (Phi) is 4.74. The second kappa shape index (κ2) is 6.82. The lowest BCUT2D eigenvalue weighted by atomic mass is 10.2. The van der Waals surface area contributed by atoms with Crippen molar-refractivity contribution in [3.05, 3.63) is 91.0 Å². The average molecular weight is 349 g/mol. The Bertz CT molecular complexity index is 746. The van der Waals surface area contributed by atoms with Crippen LogP contribution in [0.2, 0.25) is 0 Å². The second-order valence-electron chi connectivity index (χ2n) is 6.54. The van der Waals surface area contributed by atoms with E-state index >= 15 is 0 Å². The zero-order valence-corrected chi connectivity index (χ0v) is 15.4. The van der Waals surface area contributed by atoms with Gasteiger partial charge in [0.25, 0.3) is 0 Å². The highest BCUT2D eigenvalue weighted by atomic mass is 31.2. The van der Waals surface area contributed by atoms with Gasteiger partial charge in [0.1, 0.15) is 23.2 Å². The molecule has 0 spiro atoms. The number of carbonyl (C=O) groups is 1. The fraction of sp³-hybridized carbons (Fsp3) is 0.136. The van der Waals surface area contributed by atoms with E-state index in [0.717, 1.165) is 15.9 Å². The van der Waals surface area contributed by atoms with E-state index in [2.05, 4.69) is 36.4 Å². The maximum Gasteiger partial charge on any atom is 0.348 e. The van der Waals surface area contributed by atoms with Crippen molar-refractivity contribution in [2.24, 2.45) is 0 Å². The minimum atomic E-state index is -2.41. The molecule has 2 nitrogen and oxygen atoms in total. The number of hydrogen-bond donors (Lipinski definition) is 1. The molecular formula is C22H22O2P+. The first-order chi connectivity index (χ1) is 12.0. The Morgan fingerprint density at radius 2 is 0.960 bits per heavy atom. The van der Waals surface area contributed by atoms with Gasteiger partial charge in [-0.25, -0.2) is 4.79 Å². The fourth-order valence-electron chi connectivity index (χ4n) is 3.51. The molecule has 0 aliphatic carbocycles. The first kappa shape index (κ1) is 17.4. The van der Waals surface area contributed by atoms with Crippen molar-refractivity contribution >= 4 is 29.1 Å². The lowest BCUT2D eigenvalue weighted by Crippen LogP contribution is -2.48. The highest BCUT2D eigenvalue weighted by Crippen LogP contribution is 2.65. The van der Waals surface area contributed by atoms with Gasteiger partial charge >= 0.3 is 5.97 Å². The van der Waals surface area contributed by atoms with Gasteiger partial charge in [0.05, 0.1) is 0 Å². The number of carboxylic acids is 1. The van der Waals surface area contributed by atoms with Crippen molar-refractivity contribution in [3.63, 3.8) is 0 Å². The molecule has 0 saturated carbocycles. The van der Waals surface area contributed by atoms with Gasteiger partial charge in [-0.05, 0) is 50.2 Å². The summed E-state index contributed by atoms with van der Waals surface area (Å²) in [6.07, 6.45) is 0. The van der Waals surface area contributed by atoms with E-state index < -0.39 is 18.4 Å². The van der Waals surface area contributed by atoms with Gasteiger partial charge in [-0.1, -0.05) is 54.6 Å². The van der Waals surface area contributed by atoms with Crippen LogP contribution in [0, 0.1) is 0 Å². The summed E-state index contributed by atoms with van der Waals surface area (Å²) in [7, 11) is -2.41. The summed E-state index contributed by atoms with van der Waals surface area (Å²) in [5.41, 5.74) is 0. The largest absolute Gasteiger partial charge is 0.478 e. The van der Waals surface area contributed by atoms with Gasteiger partial charge in [-0.3, -0.25) is 0 Å². The Hall–Kier alpha value is -2.44. The second-order valence-corrected chi connectivity index (χ2v) is 10.6. The molecule has 3 aromatic rings. The van der Waals surface area contributed by atoms with Crippen LogP contribution in [0.5, 0.6) is 0 Å². The van der Waals surface area contributed by atoms with Crippen LogP contribution < -0.4 is 15.9 Å². The van der Waals surface area contributed by atoms with Crippen molar-refractivity contribution in [1.82, 2.24) is 0 Å². The Labute approximate surface area is 149 Å². The van der Waals surface area contributed by atoms with Crippen LogP contribution in [0.4, 0.5) is 0 Å².